The summed E-state index contributed by atoms with van der Waals surface area (Å²) in [6, 6.07) is 10.3. The van der Waals surface area contributed by atoms with E-state index in [2.05, 4.69) is 10.3 Å². The molecule has 0 unspecified atom stereocenters. The van der Waals surface area contributed by atoms with Crippen molar-refractivity contribution >= 4 is 28.5 Å². The fourth-order valence-corrected chi connectivity index (χ4v) is 2.15. The fourth-order valence-electron chi connectivity index (χ4n) is 1.59. The number of benzene rings is 1. The highest BCUT2D eigenvalue weighted by Crippen LogP contribution is 2.26. The van der Waals surface area contributed by atoms with Crippen LogP contribution in [0.1, 0.15) is 6.92 Å². The quantitative estimate of drug-likeness (QED) is 0.681. The number of thioether (sulfide) groups is 1. The Morgan fingerprint density at radius 2 is 2.05 bits per heavy atom. The molecule has 1 aromatic heterocycles. The van der Waals surface area contributed by atoms with Gasteiger partial charge in [0.1, 0.15) is 29.4 Å². The lowest BCUT2D eigenvalue weighted by Gasteiger charge is -2.03. The molecular weight excluding hydrogens is 286 g/mol. The summed E-state index contributed by atoms with van der Waals surface area (Å²) in [7, 11) is 0. The average Bonchev–Trinajstić information content (AvgIpc) is 2.89. The standard InChI is InChI=1S/C14H9N5OS/c1-2-21-14-19-11-4-3-10(5-13(11)20-14)18-12(8-17)9(6-15)7-16/h3-5,18H,2H2,1H3. The van der Waals surface area contributed by atoms with Crippen LogP contribution in [0.2, 0.25) is 0 Å². The van der Waals surface area contributed by atoms with Crippen LogP contribution >= 0.6 is 11.8 Å². The third-order valence-electron chi connectivity index (χ3n) is 2.49. The summed E-state index contributed by atoms with van der Waals surface area (Å²) in [5, 5.41) is 29.9. The van der Waals surface area contributed by atoms with Crippen LogP contribution in [0.25, 0.3) is 11.1 Å². The summed E-state index contributed by atoms with van der Waals surface area (Å²) < 4.78 is 5.56. The summed E-state index contributed by atoms with van der Waals surface area (Å²) in [5.41, 5.74) is 1.47. The molecule has 0 fully saturated rings. The number of fused-ring (bicyclic) bond motifs is 1. The molecule has 0 atom stereocenters. The van der Waals surface area contributed by atoms with Crippen LogP contribution in [0.3, 0.4) is 0 Å². The molecule has 2 rings (SSSR count). The molecule has 0 aliphatic rings. The van der Waals surface area contributed by atoms with E-state index < -0.39 is 0 Å². The van der Waals surface area contributed by atoms with Gasteiger partial charge in [0.2, 0.25) is 0 Å². The summed E-state index contributed by atoms with van der Waals surface area (Å²) in [5.74, 6) is 0.854. The largest absolute Gasteiger partial charge is 0.431 e. The van der Waals surface area contributed by atoms with Crippen molar-refractivity contribution in [3.63, 3.8) is 0 Å². The van der Waals surface area contributed by atoms with E-state index in [1.165, 1.54) is 11.8 Å². The maximum absolute atomic E-state index is 9.00. The fraction of sp³-hybridized carbons (Fsp3) is 0.143. The lowest BCUT2D eigenvalue weighted by Crippen LogP contribution is -2.00. The number of hydrogen-bond donors (Lipinski definition) is 1. The van der Waals surface area contributed by atoms with E-state index in [-0.39, 0.29) is 11.3 Å². The number of nitriles is 3. The minimum atomic E-state index is -0.266. The average molecular weight is 295 g/mol. The van der Waals surface area contributed by atoms with E-state index in [9.17, 15) is 0 Å². The number of anilines is 1. The van der Waals surface area contributed by atoms with Gasteiger partial charge < -0.3 is 9.73 Å². The predicted octanol–water partition coefficient (Wildman–Crippen LogP) is 3.18. The van der Waals surface area contributed by atoms with Gasteiger partial charge in [-0.2, -0.15) is 15.8 Å². The first kappa shape index (κ1) is 14.5. The van der Waals surface area contributed by atoms with Crippen molar-refractivity contribution < 1.29 is 4.42 Å². The monoisotopic (exact) mass is 295 g/mol. The Labute approximate surface area is 125 Å². The predicted molar refractivity (Wildman–Crippen MR) is 77.9 cm³/mol. The van der Waals surface area contributed by atoms with Crippen molar-refractivity contribution in [2.75, 3.05) is 11.1 Å². The van der Waals surface area contributed by atoms with Crippen molar-refractivity contribution in [2.45, 2.75) is 12.1 Å². The number of rotatable bonds is 4. The first-order valence-corrected chi connectivity index (χ1v) is 6.95. The molecule has 0 aliphatic heterocycles. The van der Waals surface area contributed by atoms with Gasteiger partial charge in [0, 0.05) is 11.8 Å². The van der Waals surface area contributed by atoms with Gasteiger partial charge >= 0.3 is 0 Å². The van der Waals surface area contributed by atoms with Gasteiger partial charge in [-0.15, -0.1) is 0 Å². The summed E-state index contributed by atoms with van der Waals surface area (Å²) >= 11 is 1.49. The van der Waals surface area contributed by atoms with Crippen LogP contribution in [-0.2, 0) is 0 Å². The Kier molecular flexibility index (Phi) is 4.46. The van der Waals surface area contributed by atoms with E-state index in [0.29, 0.717) is 22.0 Å². The zero-order valence-corrected chi connectivity index (χ0v) is 11.9. The second kappa shape index (κ2) is 6.47. The molecule has 102 valence electrons. The molecule has 0 amide bonds. The summed E-state index contributed by atoms with van der Waals surface area (Å²) in [6.07, 6.45) is 0. The first-order valence-electron chi connectivity index (χ1n) is 5.96. The number of aromatic nitrogens is 1. The van der Waals surface area contributed by atoms with Crippen LogP contribution in [0, 0.1) is 34.0 Å². The summed E-state index contributed by atoms with van der Waals surface area (Å²) in [6.45, 7) is 2.00. The highest BCUT2D eigenvalue weighted by molar-refractivity contribution is 7.99. The van der Waals surface area contributed by atoms with Gasteiger partial charge in [-0.1, -0.05) is 18.7 Å². The van der Waals surface area contributed by atoms with E-state index in [1.807, 2.05) is 6.92 Å². The normalized spacial score (nSPS) is 9.43. The number of oxazole rings is 1. The van der Waals surface area contributed by atoms with Gasteiger partial charge in [-0.3, -0.25) is 0 Å². The molecule has 0 saturated carbocycles. The van der Waals surface area contributed by atoms with Crippen molar-refractivity contribution in [3.8, 4) is 18.2 Å². The topological polar surface area (TPSA) is 109 Å². The van der Waals surface area contributed by atoms with E-state index in [1.54, 1.807) is 36.4 Å². The third kappa shape index (κ3) is 3.14. The molecule has 21 heavy (non-hydrogen) atoms. The number of allylic oxidation sites excluding steroid dienone is 2. The van der Waals surface area contributed by atoms with Crippen LogP contribution < -0.4 is 5.32 Å². The number of nitrogens with one attached hydrogen (secondary N) is 1. The van der Waals surface area contributed by atoms with Crippen LogP contribution in [-0.4, -0.2) is 10.7 Å². The Bertz CT molecular complexity index is 816. The maximum Gasteiger partial charge on any atom is 0.256 e. The molecule has 2 aromatic rings. The first-order chi connectivity index (χ1) is 10.2. The minimum Gasteiger partial charge on any atom is -0.431 e. The Morgan fingerprint density at radius 3 is 2.67 bits per heavy atom. The molecule has 0 saturated heterocycles. The van der Waals surface area contributed by atoms with Gasteiger partial charge in [0.05, 0.1) is 0 Å². The Hall–Kier alpha value is -2.95. The highest BCUT2D eigenvalue weighted by Gasteiger charge is 2.09. The maximum atomic E-state index is 9.00. The van der Waals surface area contributed by atoms with Crippen molar-refractivity contribution in [1.82, 2.24) is 4.98 Å². The zero-order valence-electron chi connectivity index (χ0n) is 11.0. The van der Waals surface area contributed by atoms with Crippen molar-refractivity contribution in [1.29, 1.82) is 15.8 Å². The second-order valence-corrected chi connectivity index (χ2v) is 5.02. The van der Waals surface area contributed by atoms with Crippen LogP contribution in [0.4, 0.5) is 5.69 Å². The molecule has 0 aliphatic carbocycles. The SMILES string of the molecule is CCSc1nc2ccc(NC(C#N)=C(C#N)C#N)cc2o1. The van der Waals surface area contributed by atoms with Gasteiger partial charge in [-0.25, -0.2) is 4.98 Å². The molecule has 0 radical (unpaired) electrons. The second-order valence-electron chi connectivity index (χ2n) is 3.81. The minimum absolute atomic E-state index is 0.0954. The van der Waals surface area contributed by atoms with E-state index >= 15 is 0 Å². The molecule has 1 N–H and O–H groups in total. The summed E-state index contributed by atoms with van der Waals surface area (Å²) in [4.78, 5) is 4.30. The van der Waals surface area contributed by atoms with Crippen molar-refractivity contribution in [3.05, 3.63) is 29.5 Å². The number of nitrogens with zero attached hydrogens (tertiary/aromatic N) is 4. The smallest absolute Gasteiger partial charge is 0.256 e. The van der Waals surface area contributed by atoms with Crippen LogP contribution in [0.5, 0.6) is 0 Å². The molecular formula is C14H9N5OS. The molecule has 1 heterocycles. The Morgan fingerprint density at radius 1 is 1.29 bits per heavy atom. The third-order valence-corrected chi connectivity index (χ3v) is 3.20. The van der Waals surface area contributed by atoms with Gasteiger partial charge in [0.15, 0.2) is 11.2 Å². The molecule has 7 heteroatoms. The van der Waals surface area contributed by atoms with E-state index in [4.69, 9.17) is 20.2 Å². The lowest BCUT2D eigenvalue weighted by atomic mass is 10.2. The molecule has 6 nitrogen and oxygen atoms in total. The van der Waals surface area contributed by atoms with E-state index in [0.717, 1.165) is 5.75 Å². The zero-order chi connectivity index (χ0) is 15.2. The molecule has 0 spiro atoms. The van der Waals surface area contributed by atoms with Gasteiger partial charge in [-0.05, 0) is 17.9 Å². The van der Waals surface area contributed by atoms with Crippen LogP contribution in [0.15, 0.2) is 39.1 Å². The lowest BCUT2D eigenvalue weighted by molar-refractivity contribution is 0.490. The van der Waals surface area contributed by atoms with Gasteiger partial charge in [0.25, 0.3) is 5.22 Å². The van der Waals surface area contributed by atoms with Crippen molar-refractivity contribution in [2.24, 2.45) is 0 Å². The highest BCUT2D eigenvalue weighted by atomic mass is 32.2. The Balaban J connectivity index is 2.36. The molecule has 1 aromatic carbocycles. The molecule has 0 bridgehead atoms. The number of hydrogen-bond acceptors (Lipinski definition) is 7.